The lowest BCUT2D eigenvalue weighted by atomic mass is 9.90. The van der Waals surface area contributed by atoms with Crippen LogP contribution in [0.15, 0.2) is 28.9 Å². The Hall–Kier alpha value is -1.61. The number of Topliss-reactive ketones (excluding diaryl/α,β-unsaturated/α-hetero) is 2. The number of hydrogen-bond acceptors (Lipinski definition) is 3. The minimum absolute atomic E-state index is 0.155. The van der Waals surface area contributed by atoms with Crippen LogP contribution in [0.25, 0.3) is 0 Å². The Morgan fingerprint density at radius 3 is 2.53 bits per heavy atom. The Morgan fingerprint density at radius 2 is 1.84 bits per heavy atom. The third kappa shape index (κ3) is 2.56. The molecule has 0 unspecified atom stereocenters. The van der Waals surface area contributed by atoms with E-state index in [0.29, 0.717) is 11.1 Å². The first-order valence-corrected chi connectivity index (χ1v) is 6.81. The molecule has 0 aliphatic heterocycles. The Balaban J connectivity index is 2.33. The van der Waals surface area contributed by atoms with Crippen molar-refractivity contribution >= 4 is 23.2 Å². The molecule has 2 N–H and O–H groups in total. The largest absolute Gasteiger partial charge is 0.394 e. The molecule has 1 aromatic carbocycles. The highest BCUT2D eigenvalue weighted by Crippen LogP contribution is 2.27. The summed E-state index contributed by atoms with van der Waals surface area (Å²) in [6.07, 6.45) is 4.27. The molecular weight excluding hydrogens is 262 g/mol. The summed E-state index contributed by atoms with van der Waals surface area (Å²) >= 11 is 5.80. The number of ketones is 2. The fraction of sp³-hybridized carbons (Fsp3) is 0.333. The number of unbranched alkanes of at least 4 members (excludes halogenated alkanes) is 2. The highest BCUT2D eigenvalue weighted by Gasteiger charge is 2.29. The third-order valence-corrected chi connectivity index (χ3v) is 3.70. The van der Waals surface area contributed by atoms with Crippen molar-refractivity contribution in [3.8, 4) is 0 Å². The Morgan fingerprint density at radius 1 is 1.11 bits per heavy atom. The molecular formula is C15H16ClNO2. The van der Waals surface area contributed by atoms with Crippen LogP contribution in [0.3, 0.4) is 0 Å². The fourth-order valence-corrected chi connectivity index (χ4v) is 2.38. The minimum atomic E-state index is -0.361. The van der Waals surface area contributed by atoms with Gasteiger partial charge in [-0.3, -0.25) is 9.59 Å². The SMILES string of the molecule is CCCCCc1ccc2c(c1)C(=O)C(Cl)=C(N)C2=O. The maximum absolute atomic E-state index is 12.0. The van der Waals surface area contributed by atoms with E-state index in [2.05, 4.69) is 6.92 Å². The van der Waals surface area contributed by atoms with Crippen molar-refractivity contribution < 1.29 is 9.59 Å². The number of rotatable bonds is 4. The normalized spacial score (nSPS) is 14.8. The van der Waals surface area contributed by atoms with Gasteiger partial charge in [0.1, 0.15) is 10.7 Å². The second-order valence-electron chi connectivity index (χ2n) is 4.72. The van der Waals surface area contributed by atoms with Crippen LogP contribution in [0.1, 0.15) is 52.5 Å². The van der Waals surface area contributed by atoms with Gasteiger partial charge in [-0.05, 0) is 30.5 Å². The van der Waals surface area contributed by atoms with Crippen molar-refractivity contribution in [3.05, 3.63) is 45.6 Å². The van der Waals surface area contributed by atoms with Crippen molar-refractivity contribution in [1.82, 2.24) is 0 Å². The molecule has 2 rings (SSSR count). The van der Waals surface area contributed by atoms with Crippen molar-refractivity contribution in [1.29, 1.82) is 0 Å². The molecule has 0 bridgehead atoms. The summed E-state index contributed by atoms with van der Waals surface area (Å²) in [7, 11) is 0. The molecule has 100 valence electrons. The molecule has 3 nitrogen and oxygen atoms in total. The number of halogens is 1. The lowest BCUT2D eigenvalue weighted by Crippen LogP contribution is -2.24. The van der Waals surface area contributed by atoms with E-state index in [4.69, 9.17) is 17.3 Å². The van der Waals surface area contributed by atoms with Crippen LogP contribution in [0.4, 0.5) is 0 Å². The first-order valence-electron chi connectivity index (χ1n) is 6.43. The number of benzene rings is 1. The van der Waals surface area contributed by atoms with Gasteiger partial charge < -0.3 is 5.73 Å². The van der Waals surface area contributed by atoms with Gasteiger partial charge in [0.15, 0.2) is 0 Å². The second kappa shape index (κ2) is 5.57. The molecule has 19 heavy (non-hydrogen) atoms. The predicted octanol–water partition coefficient (Wildman–Crippen LogP) is 3.21. The molecule has 4 heteroatoms. The fourth-order valence-electron chi connectivity index (χ4n) is 2.20. The van der Waals surface area contributed by atoms with Crippen molar-refractivity contribution in [2.45, 2.75) is 32.6 Å². The zero-order valence-electron chi connectivity index (χ0n) is 10.8. The molecule has 0 radical (unpaired) electrons. The molecule has 1 aliphatic carbocycles. The maximum atomic E-state index is 12.0. The van der Waals surface area contributed by atoms with E-state index in [1.165, 1.54) is 0 Å². The lowest BCUT2D eigenvalue weighted by molar-refractivity contribution is 0.0979. The van der Waals surface area contributed by atoms with E-state index in [1.807, 2.05) is 6.07 Å². The molecule has 1 aliphatic rings. The highest BCUT2D eigenvalue weighted by atomic mass is 35.5. The van der Waals surface area contributed by atoms with Crippen LogP contribution < -0.4 is 5.73 Å². The smallest absolute Gasteiger partial charge is 0.211 e. The first kappa shape index (κ1) is 13.8. The average molecular weight is 278 g/mol. The van der Waals surface area contributed by atoms with Crippen LogP contribution in [0, 0.1) is 0 Å². The summed E-state index contributed by atoms with van der Waals surface area (Å²) in [4.78, 5) is 24.0. The molecule has 1 aromatic rings. The molecule has 0 spiro atoms. The second-order valence-corrected chi connectivity index (χ2v) is 5.10. The van der Waals surface area contributed by atoms with Crippen LogP contribution in [0.5, 0.6) is 0 Å². The predicted molar refractivity (Wildman–Crippen MR) is 75.4 cm³/mol. The van der Waals surface area contributed by atoms with Crippen molar-refractivity contribution in [2.24, 2.45) is 5.73 Å². The average Bonchev–Trinajstić information content (AvgIpc) is 2.43. The topological polar surface area (TPSA) is 60.2 Å². The Labute approximate surface area is 117 Å². The number of carbonyl (C=O) groups is 2. The van der Waals surface area contributed by atoms with Crippen LogP contribution >= 0.6 is 11.6 Å². The van der Waals surface area contributed by atoms with Gasteiger partial charge in [-0.15, -0.1) is 0 Å². The minimum Gasteiger partial charge on any atom is -0.394 e. The monoisotopic (exact) mass is 277 g/mol. The molecule has 0 heterocycles. The van der Waals surface area contributed by atoms with E-state index in [0.717, 1.165) is 31.2 Å². The molecule has 0 amide bonds. The van der Waals surface area contributed by atoms with E-state index < -0.39 is 0 Å². The first-order chi connectivity index (χ1) is 9.06. The van der Waals surface area contributed by atoms with Gasteiger partial charge in [0.2, 0.25) is 11.6 Å². The number of carbonyl (C=O) groups excluding carboxylic acids is 2. The number of allylic oxidation sites excluding steroid dienone is 2. The molecule has 0 saturated carbocycles. The maximum Gasteiger partial charge on any atom is 0.211 e. The number of hydrogen-bond donors (Lipinski definition) is 1. The van der Waals surface area contributed by atoms with Gasteiger partial charge in [-0.2, -0.15) is 0 Å². The molecule has 0 fully saturated rings. The lowest BCUT2D eigenvalue weighted by Gasteiger charge is -2.16. The Kier molecular flexibility index (Phi) is 4.05. The van der Waals surface area contributed by atoms with Gasteiger partial charge >= 0.3 is 0 Å². The standard InChI is InChI=1S/C15H16ClNO2/c1-2-3-4-5-9-6-7-10-11(8-9)14(18)12(16)13(17)15(10)19/h6-8H,2-5,17H2,1H3. The van der Waals surface area contributed by atoms with Crippen molar-refractivity contribution in [2.75, 3.05) is 0 Å². The summed E-state index contributed by atoms with van der Waals surface area (Å²) in [5.41, 5.74) is 7.17. The summed E-state index contributed by atoms with van der Waals surface area (Å²) in [5, 5.41) is -0.164. The highest BCUT2D eigenvalue weighted by molar-refractivity contribution is 6.49. The number of fused-ring (bicyclic) bond motifs is 1. The summed E-state index contributed by atoms with van der Waals surface area (Å²) in [5.74, 6) is -0.717. The van der Waals surface area contributed by atoms with Crippen LogP contribution in [0.2, 0.25) is 0 Å². The Bertz CT molecular complexity index is 576. The van der Waals surface area contributed by atoms with E-state index in [9.17, 15) is 9.59 Å². The van der Waals surface area contributed by atoms with Gasteiger partial charge in [0.25, 0.3) is 0 Å². The zero-order valence-corrected chi connectivity index (χ0v) is 11.6. The summed E-state index contributed by atoms with van der Waals surface area (Å²) in [6, 6.07) is 5.32. The summed E-state index contributed by atoms with van der Waals surface area (Å²) < 4.78 is 0. The van der Waals surface area contributed by atoms with Gasteiger partial charge in [0, 0.05) is 11.1 Å². The van der Waals surface area contributed by atoms with Crippen LogP contribution in [-0.2, 0) is 6.42 Å². The molecule has 0 atom stereocenters. The third-order valence-electron chi connectivity index (χ3n) is 3.32. The quantitative estimate of drug-likeness (QED) is 0.860. The zero-order chi connectivity index (χ0) is 14.0. The van der Waals surface area contributed by atoms with Gasteiger partial charge in [0.05, 0.1) is 0 Å². The van der Waals surface area contributed by atoms with E-state index in [1.54, 1.807) is 12.1 Å². The van der Waals surface area contributed by atoms with E-state index >= 15 is 0 Å². The molecule has 0 saturated heterocycles. The van der Waals surface area contributed by atoms with E-state index in [-0.39, 0.29) is 22.3 Å². The number of nitrogens with two attached hydrogens (primary N) is 1. The number of aryl methyl sites for hydroxylation is 1. The van der Waals surface area contributed by atoms with Gasteiger partial charge in [-0.25, -0.2) is 0 Å². The van der Waals surface area contributed by atoms with Gasteiger partial charge in [-0.1, -0.05) is 37.4 Å². The summed E-state index contributed by atoms with van der Waals surface area (Å²) in [6.45, 7) is 2.14. The van der Waals surface area contributed by atoms with Crippen LogP contribution in [-0.4, -0.2) is 11.6 Å². The van der Waals surface area contributed by atoms with Crippen molar-refractivity contribution in [3.63, 3.8) is 0 Å². The molecule has 0 aromatic heterocycles.